The molecule has 21 heavy (non-hydrogen) atoms. The molecular weight excluding hydrogens is 264 g/mol. The second-order valence-corrected chi connectivity index (χ2v) is 4.87. The normalized spacial score (nSPS) is 11.7. The average molecular weight is 282 g/mol. The van der Waals surface area contributed by atoms with Gasteiger partial charge < -0.3 is 9.53 Å². The van der Waals surface area contributed by atoms with Crippen LogP contribution in [0.3, 0.4) is 0 Å². The minimum absolute atomic E-state index is 0.0355. The Hall–Kier alpha value is -2.42. The highest BCUT2D eigenvalue weighted by Crippen LogP contribution is 2.25. The van der Waals surface area contributed by atoms with E-state index in [9.17, 15) is 9.59 Å². The number of carbonyl (C=O) groups excluding carboxylic acids is 2. The molecule has 108 valence electrons. The third-order valence-electron chi connectivity index (χ3n) is 3.50. The highest BCUT2D eigenvalue weighted by atomic mass is 16.5. The summed E-state index contributed by atoms with van der Waals surface area (Å²) in [4.78, 5) is 23.2. The van der Waals surface area contributed by atoms with Gasteiger partial charge in [0.1, 0.15) is 12.0 Å². The summed E-state index contributed by atoms with van der Waals surface area (Å²) in [5.74, 6) is 0.686. The molecule has 0 N–H and O–H groups in total. The number of ketones is 1. The Balaban J connectivity index is 2.12. The van der Waals surface area contributed by atoms with Crippen molar-refractivity contribution in [3.8, 4) is 5.75 Å². The van der Waals surface area contributed by atoms with E-state index in [1.807, 2.05) is 30.3 Å². The lowest BCUT2D eigenvalue weighted by molar-refractivity contribution is -0.108. The summed E-state index contributed by atoms with van der Waals surface area (Å²) in [7, 11) is 1.59. The van der Waals surface area contributed by atoms with Gasteiger partial charge in [0.15, 0.2) is 5.78 Å². The highest BCUT2D eigenvalue weighted by Gasteiger charge is 2.16. The third-order valence-corrected chi connectivity index (χ3v) is 3.50. The van der Waals surface area contributed by atoms with Crippen LogP contribution >= 0.6 is 0 Å². The number of aldehydes is 1. The molecule has 0 saturated carbocycles. The van der Waals surface area contributed by atoms with Gasteiger partial charge in [-0.2, -0.15) is 0 Å². The zero-order valence-corrected chi connectivity index (χ0v) is 12.0. The Labute approximate surface area is 124 Å². The number of hydrogen-bond donors (Lipinski definition) is 0. The molecule has 1 atom stereocenters. The van der Waals surface area contributed by atoms with Gasteiger partial charge in [0, 0.05) is 18.4 Å². The summed E-state index contributed by atoms with van der Waals surface area (Å²) in [6.07, 6.45) is 1.56. The van der Waals surface area contributed by atoms with E-state index < -0.39 is 0 Å². The first-order valence-electron chi connectivity index (χ1n) is 6.90. The van der Waals surface area contributed by atoms with Crippen LogP contribution in [0.2, 0.25) is 0 Å². The predicted molar refractivity (Wildman–Crippen MR) is 81.8 cm³/mol. The van der Waals surface area contributed by atoms with Crippen LogP contribution in [0.15, 0.2) is 54.6 Å². The van der Waals surface area contributed by atoms with Gasteiger partial charge >= 0.3 is 0 Å². The van der Waals surface area contributed by atoms with Crippen LogP contribution in [0.1, 0.15) is 34.7 Å². The number of methoxy groups -OCH3 is 1. The second-order valence-electron chi connectivity index (χ2n) is 4.87. The van der Waals surface area contributed by atoms with Gasteiger partial charge in [0.2, 0.25) is 0 Å². The van der Waals surface area contributed by atoms with Crippen molar-refractivity contribution in [3.05, 3.63) is 65.7 Å². The lowest BCUT2D eigenvalue weighted by Gasteiger charge is -2.14. The molecule has 0 aromatic heterocycles. The molecule has 0 saturated heterocycles. The smallest absolute Gasteiger partial charge is 0.163 e. The Kier molecular flexibility index (Phi) is 5.27. The van der Waals surface area contributed by atoms with E-state index in [4.69, 9.17) is 4.74 Å². The lowest BCUT2D eigenvalue weighted by atomic mass is 9.89. The summed E-state index contributed by atoms with van der Waals surface area (Å²) in [5.41, 5.74) is 1.66. The van der Waals surface area contributed by atoms with Gasteiger partial charge in [-0.3, -0.25) is 4.79 Å². The summed E-state index contributed by atoms with van der Waals surface area (Å²) in [6, 6.07) is 16.7. The van der Waals surface area contributed by atoms with Gasteiger partial charge in [-0.15, -0.1) is 0 Å². The van der Waals surface area contributed by atoms with Crippen LogP contribution in [0, 0.1) is 0 Å². The van der Waals surface area contributed by atoms with E-state index in [1.165, 1.54) is 0 Å². The van der Waals surface area contributed by atoms with Gasteiger partial charge in [0.05, 0.1) is 7.11 Å². The Morgan fingerprint density at radius 1 is 1.10 bits per heavy atom. The van der Waals surface area contributed by atoms with Crippen molar-refractivity contribution in [1.82, 2.24) is 0 Å². The fourth-order valence-electron chi connectivity index (χ4n) is 2.30. The molecule has 0 bridgehead atoms. The number of Topliss-reactive ketones (excluding diaryl/α,β-unsaturated/α-hetero) is 1. The van der Waals surface area contributed by atoms with Gasteiger partial charge in [0.25, 0.3) is 0 Å². The van der Waals surface area contributed by atoms with Gasteiger partial charge in [-0.25, -0.2) is 0 Å². The number of ether oxygens (including phenoxy) is 1. The van der Waals surface area contributed by atoms with Crippen LogP contribution in [0.4, 0.5) is 0 Å². The summed E-state index contributed by atoms with van der Waals surface area (Å²) < 4.78 is 5.08. The van der Waals surface area contributed by atoms with Crippen molar-refractivity contribution >= 4 is 12.1 Å². The largest absolute Gasteiger partial charge is 0.497 e. The monoisotopic (exact) mass is 282 g/mol. The molecule has 0 aliphatic rings. The molecule has 0 radical (unpaired) electrons. The first kappa shape index (κ1) is 15.0. The van der Waals surface area contributed by atoms with Crippen molar-refractivity contribution in [2.75, 3.05) is 7.11 Å². The molecule has 0 fully saturated rings. The number of carbonyl (C=O) groups is 2. The van der Waals surface area contributed by atoms with E-state index in [1.54, 1.807) is 31.4 Å². The second kappa shape index (κ2) is 7.39. The van der Waals surface area contributed by atoms with Crippen molar-refractivity contribution in [2.45, 2.75) is 18.8 Å². The van der Waals surface area contributed by atoms with E-state index >= 15 is 0 Å². The molecule has 2 aromatic carbocycles. The van der Waals surface area contributed by atoms with Crippen molar-refractivity contribution < 1.29 is 14.3 Å². The maximum absolute atomic E-state index is 12.3. The molecule has 0 heterocycles. The Morgan fingerprint density at radius 2 is 1.76 bits per heavy atom. The minimum Gasteiger partial charge on any atom is -0.497 e. The zero-order valence-electron chi connectivity index (χ0n) is 12.0. The van der Waals surface area contributed by atoms with Crippen LogP contribution in [0.5, 0.6) is 5.75 Å². The average Bonchev–Trinajstić information content (AvgIpc) is 2.55. The molecule has 2 aromatic rings. The summed E-state index contributed by atoms with van der Waals surface area (Å²) in [5, 5.41) is 0. The summed E-state index contributed by atoms with van der Waals surface area (Å²) in [6.45, 7) is 0. The Morgan fingerprint density at radius 3 is 2.33 bits per heavy atom. The lowest BCUT2D eigenvalue weighted by Crippen LogP contribution is -2.08. The fourth-order valence-corrected chi connectivity index (χ4v) is 2.30. The highest BCUT2D eigenvalue weighted by molar-refractivity contribution is 5.96. The van der Waals surface area contributed by atoms with E-state index in [-0.39, 0.29) is 11.7 Å². The standard InChI is InChI=1S/C18H18O3/c1-21-17-9-7-15(8-10-17)18(20)13-16(11-12-19)14-5-3-2-4-6-14/h2-10,12,16H,11,13H2,1H3. The van der Waals surface area contributed by atoms with Gasteiger partial charge in [-0.05, 0) is 35.7 Å². The van der Waals surface area contributed by atoms with Crippen LogP contribution in [-0.2, 0) is 4.79 Å². The number of benzene rings is 2. The molecule has 3 nitrogen and oxygen atoms in total. The maximum Gasteiger partial charge on any atom is 0.163 e. The number of hydrogen-bond acceptors (Lipinski definition) is 3. The molecule has 0 aliphatic heterocycles. The van der Waals surface area contributed by atoms with Crippen LogP contribution in [0.25, 0.3) is 0 Å². The molecule has 1 unspecified atom stereocenters. The van der Waals surface area contributed by atoms with Crippen molar-refractivity contribution in [3.63, 3.8) is 0 Å². The van der Waals surface area contributed by atoms with Crippen LogP contribution in [-0.4, -0.2) is 19.2 Å². The molecule has 0 aliphatic carbocycles. The fraction of sp³-hybridized carbons (Fsp3) is 0.222. The molecular formula is C18H18O3. The van der Waals surface area contributed by atoms with E-state index in [0.717, 1.165) is 17.6 Å². The van der Waals surface area contributed by atoms with Crippen molar-refractivity contribution in [2.24, 2.45) is 0 Å². The predicted octanol–water partition coefficient (Wildman–Crippen LogP) is 3.64. The maximum atomic E-state index is 12.3. The first-order valence-corrected chi connectivity index (χ1v) is 6.90. The van der Waals surface area contributed by atoms with Gasteiger partial charge in [-0.1, -0.05) is 30.3 Å². The SMILES string of the molecule is COc1ccc(C(=O)CC(CC=O)c2ccccc2)cc1. The molecule has 2 rings (SSSR count). The molecule has 3 heteroatoms. The topological polar surface area (TPSA) is 43.4 Å². The van der Waals surface area contributed by atoms with Crippen LogP contribution < -0.4 is 4.74 Å². The Bertz CT molecular complexity index is 588. The van der Waals surface area contributed by atoms with E-state index in [2.05, 4.69) is 0 Å². The van der Waals surface area contributed by atoms with Crippen molar-refractivity contribution in [1.29, 1.82) is 0 Å². The summed E-state index contributed by atoms with van der Waals surface area (Å²) >= 11 is 0. The molecule has 0 amide bonds. The minimum atomic E-state index is -0.0710. The zero-order chi connectivity index (χ0) is 15.1. The quantitative estimate of drug-likeness (QED) is 0.575. The third kappa shape index (κ3) is 4.02. The van der Waals surface area contributed by atoms with E-state index in [0.29, 0.717) is 18.4 Å². The first-order chi connectivity index (χ1) is 10.2. The molecule has 0 spiro atoms. The number of rotatable bonds is 7.